The molecular weight excluding hydrogens is 244 g/mol. The van der Waals surface area contributed by atoms with E-state index in [2.05, 4.69) is 0 Å². The minimum Gasteiger partial charge on any atom is -0.490 e. The van der Waals surface area contributed by atoms with Gasteiger partial charge in [-0.1, -0.05) is 0 Å². The van der Waals surface area contributed by atoms with Crippen molar-refractivity contribution in [3.05, 3.63) is 23.8 Å². The van der Waals surface area contributed by atoms with Crippen LogP contribution in [-0.4, -0.2) is 30.8 Å². The van der Waals surface area contributed by atoms with E-state index < -0.39 is 0 Å². The minimum atomic E-state index is -0.0735. The lowest BCUT2D eigenvalue weighted by molar-refractivity contribution is 0.194. The van der Waals surface area contributed by atoms with Crippen molar-refractivity contribution >= 4 is 18.2 Å². The lowest BCUT2D eigenvalue weighted by Gasteiger charge is -2.12. The van der Waals surface area contributed by atoms with Crippen LogP contribution in [0.3, 0.4) is 0 Å². The third-order valence-corrected chi connectivity index (χ3v) is 1.90. The number of hydrogen-bond donors (Lipinski definition) is 3. The van der Waals surface area contributed by atoms with Crippen molar-refractivity contribution in [3.63, 3.8) is 0 Å². The molecule has 0 aromatic heterocycles. The summed E-state index contributed by atoms with van der Waals surface area (Å²) in [4.78, 5) is 0. The smallest absolute Gasteiger partial charge is 0.162 e. The van der Waals surface area contributed by atoms with Gasteiger partial charge in [-0.05, 0) is 25.1 Å². The number of aliphatic hydroxyl groups excluding tert-OH is 1. The van der Waals surface area contributed by atoms with Gasteiger partial charge in [0.25, 0.3) is 0 Å². The van der Waals surface area contributed by atoms with E-state index in [0.29, 0.717) is 23.7 Å². The van der Waals surface area contributed by atoms with Crippen LogP contribution in [0.1, 0.15) is 12.5 Å². The third-order valence-electron chi connectivity index (χ3n) is 1.90. The van der Waals surface area contributed by atoms with Crippen LogP contribution in [-0.2, 0) is 0 Å². The molecule has 4 N–H and O–H groups in total. The lowest BCUT2D eigenvalue weighted by Crippen LogP contribution is -2.12. The zero-order valence-electron chi connectivity index (χ0n) is 9.60. The van der Waals surface area contributed by atoms with Crippen molar-refractivity contribution in [2.24, 2.45) is 5.73 Å². The summed E-state index contributed by atoms with van der Waals surface area (Å²) in [6.07, 6.45) is 0. The van der Waals surface area contributed by atoms with E-state index in [-0.39, 0.29) is 31.5 Å². The molecule has 0 heterocycles. The molecule has 1 rings (SSSR count). The summed E-state index contributed by atoms with van der Waals surface area (Å²) in [6.45, 7) is 2.50. The summed E-state index contributed by atoms with van der Waals surface area (Å²) in [5.74, 6) is 1.04. The molecule has 0 saturated heterocycles. The standard InChI is InChI=1S/C11H16N2O3.ClH/c1-2-15-9-4-3-8(11(12)13)7-10(9)16-6-5-14;/h3-4,7,14H,2,5-6H2,1H3,(H3,12,13);1H. The number of nitrogens with one attached hydrogen (secondary N) is 1. The number of rotatable bonds is 6. The maximum atomic E-state index is 8.69. The van der Waals surface area contributed by atoms with E-state index in [1.54, 1.807) is 18.2 Å². The van der Waals surface area contributed by atoms with E-state index in [0.717, 1.165) is 0 Å². The number of halogens is 1. The Bertz CT molecular complexity index is 372. The summed E-state index contributed by atoms with van der Waals surface area (Å²) in [5.41, 5.74) is 5.94. The fourth-order valence-corrected chi connectivity index (χ4v) is 1.22. The Balaban J connectivity index is 0.00000256. The second-order valence-corrected chi connectivity index (χ2v) is 3.08. The van der Waals surface area contributed by atoms with Gasteiger partial charge >= 0.3 is 0 Å². The molecule has 1 aromatic rings. The van der Waals surface area contributed by atoms with Gasteiger partial charge in [-0.2, -0.15) is 0 Å². The van der Waals surface area contributed by atoms with Crippen LogP contribution in [0.25, 0.3) is 0 Å². The largest absolute Gasteiger partial charge is 0.490 e. The first kappa shape index (κ1) is 15.5. The van der Waals surface area contributed by atoms with E-state index in [1.807, 2.05) is 6.92 Å². The van der Waals surface area contributed by atoms with E-state index in [1.165, 1.54) is 0 Å². The van der Waals surface area contributed by atoms with Crippen LogP contribution < -0.4 is 15.2 Å². The number of nitrogens with two attached hydrogens (primary N) is 1. The maximum Gasteiger partial charge on any atom is 0.162 e. The highest BCUT2D eigenvalue weighted by molar-refractivity contribution is 5.95. The number of amidine groups is 1. The fraction of sp³-hybridized carbons (Fsp3) is 0.364. The predicted molar refractivity (Wildman–Crippen MR) is 68.5 cm³/mol. The molecule has 0 aliphatic heterocycles. The molecule has 0 amide bonds. The first-order valence-electron chi connectivity index (χ1n) is 5.04. The number of aliphatic hydroxyl groups is 1. The van der Waals surface area contributed by atoms with Crippen LogP contribution in [0.15, 0.2) is 18.2 Å². The Morgan fingerprint density at radius 1 is 1.35 bits per heavy atom. The third kappa shape index (κ3) is 4.50. The summed E-state index contributed by atoms with van der Waals surface area (Å²) < 4.78 is 10.7. The number of benzene rings is 1. The van der Waals surface area contributed by atoms with Gasteiger partial charge in [0.2, 0.25) is 0 Å². The van der Waals surface area contributed by atoms with E-state index >= 15 is 0 Å². The first-order valence-corrected chi connectivity index (χ1v) is 5.04. The molecular formula is C11H17ClN2O3. The van der Waals surface area contributed by atoms with E-state index in [9.17, 15) is 0 Å². The molecule has 0 spiro atoms. The molecule has 17 heavy (non-hydrogen) atoms. The summed E-state index contributed by atoms with van der Waals surface area (Å²) >= 11 is 0. The topological polar surface area (TPSA) is 88.6 Å². The summed E-state index contributed by atoms with van der Waals surface area (Å²) in [7, 11) is 0. The number of nitrogen functional groups attached to an aromatic ring is 1. The zero-order valence-corrected chi connectivity index (χ0v) is 10.4. The molecule has 6 heteroatoms. The van der Waals surface area contributed by atoms with Crippen LogP contribution in [0.5, 0.6) is 11.5 Å². The Labute approximate surface area is 106 Å². The van der Waals surface area contributed by atoms with Crippen LogP contribution in [0.4, 0.5) is 0 Å². The highest BCUT2D eigenvalue weighted by Crippen LogP contribution is 2.28. The van der Waals surface area contributed by atoms with Crippen LogP contribution >= 0.6 is 12.4 Å². The zero-order chi connectivity index (χ0) is 12.0. The molecule has 0 fully saturated rings. The molecule has 0 bridgehead atoms. The van der Waals surface area contributed by atoms with Crippen molar-refractivity contribution < 1.29 is 14.6 Å². The Kier molecular flexibility index (Phi) is 7.09. The van der Waals surface area contributed by atoms with Gasteiger partial charge in [0, 0.05) is 5.56 Å². The monoisotopic (exact) mass is 260 g/mol. The molecule has 96 valence electrons. The predicted octanol–water partition coefficient (Wildman–Crippen LogP) is 1.16. The Morgan fingerprint density at radius 3 is 2.59 bits per heavy atom. The van der Waals surface area contributed by atoms with Gasteiger partial charge in [-0.15, -0.1) is 12.4 Å². The SMILES string of the molecule is CCOc1ccc(C(=N)N)cc1OCCO.Cl. The van der Waals surface area contributed by atoms with Crippen molar-refractivity contribution in [3.8, 4) is 11.5 Å². The maximum absolute atomic E-state index is 8.69. The molecule has 0 saturated carbocycles. The van der Waals surface area contributed by atoms with Gasteiger partial charge in [0.15, 0.2) is 11.5 Å². The molecule has 0 aliphatic rings. The molecule has 0 unspecified atom stereocenters. The van der Waals surface area contributed by atoms with Crippen LogP contribution in [0, 0.1) is 5.41 Å². The number of ether oxygens (including phenoxy) is 2. The molecule has 1 aromatic carbocycles. The summed E-state index contributed by atoms with van der Waals surface area (Å²) in [5, 5.41) is 16.0. The average Bonchev–Trinajstić information content (AvgIpc) is 2.27. The quantitative estimate of drug-likeness (QED) is 0.529. The van der Waals surface area contributed by atoms with Crippen molar-refractivity contribution in [1.82, 2.24) is 0 Å². The molecule has 0 atom stereocenters. The Morgan fingerprint density at radius 2 is 2.06 bits per heavy atom. The van der Waals surface area contributed by atoms with Gasteiger partial charge in [-0.3, -0.25) is 5.41 Å². The first-order chi connectivity index (χ1) is 7.69. The summed E-state index contributed by atoms with van der Waals surface area (Å²) in [6, 6.07) is 5.02. The highest BCUT2D eigenvalue weighted by Gasteiger charge is 2.07. The van der Waals surface area contributed by atoms with Gasteiger partial charge in [-0.25, -0.2) is 0 Å². The Hall–Kier alpha value is -1.46. The number of hydrogen-bond acceptors (Lipinski definition) is 4. The molecule has 5 nitrogen and oxygen atoms in total. The van der Waals surface area contributed by atoms with Crippen LogP contribution in [0.2, 0.25) is 0 Å². The second-order valence-electron chi connectivity index (χ2n) is 3.08. The minimum absolute atomic E-state index is 0. The lowest BCUT2D eigenvalue weighted by atomic mass is 10.2. The van der Waals surface area contributed by atoms with Crippen molar-refractivity contribution in [2.45, 2.75) is 6.92 Å². The fourth-order valence-electron chi connectivity index (χ4n) is 1.22. The van der Waals surface area contributed by atoms with Gasteiger partial charge < -0.3 is 20.3 Å². The van der Waals surface area contributed by atoms with Gasteiger partial charge in [0.05, 0.1) is 13.2 Å². The van der Waals surface area contributed by atoms with Gasteiger partial charge in [0.1, 0.15) is 12.4 Å². The normalized spacial score (nSPS) is 9.29. The molecule has 0 radical (unpaired) electrons. The highest BCUT2D eigenvalue weighted by atomic mass is 35.5. The average molecular weight is 261 g/mol. The molecule has 0 aliphatic carbocycles. The second kappa shape index (κ2) is 7.76. The van der Waals surface area contributed by atoms with Crippen molar-refractivity contribution in [2.75, 3.05) is 19.8 Å². The van der Waals surface area contributed by atoms with E-state index in [4.69, 9.17) is 25.7 Å². The van der Waals surface area contributed by atoms with Crippen molar-refractivity contribution in [1.29, 1.82) is 5.41 Å².